The maximum Gasteiger partial charge on any atom is 0.248 e. The average molecular weight is 424 g/mol. The second-order valence-corrected chi connectivity index (χ2v) is 7.97. The Morgan fingerprint density at radius 1 is 0.839 bits per heavy atom. The molecule has 0 aromatic heterocycles. The second-order valence-electron chi connectivity index (χ2n) is 7.97. The van der Waals surface area contributed by atoms with Crippen LogP contribution in [0.1, 0.15) is 76.7 Å². The molecule has 0 aliphatic heterocycles. The predicted molar refractivity (Wildman–Crippen MR) is 130 cm³/mol. The second kappa shape index (κ2) is 15.1. The molecule has 2 aromatic rings. The molecule has 0 aliphatic carbocycles. The van der Waals surface area contributed by atoms with Crippen LogP contribution in [0.15, 0.2) is 54.6 Å². The van der Waals surface area contributed by atoms with Crippen LogP contribution in [0.4, 0.5) is 5.69 Å². The number of unbranched alkanes of at least 4 members (excludes halogenated alkanes) is 9. The van der Waals surface area contributed by atoms with E-state index in [4.69, 9.17) is 4.74 Å². The van der Waals surface area contributed by atoms with Crippen LogP contribution in [0, 0.1) is 0 Å². The predicted octanol–water partition coefficient (Wildman–Crippen LogP) is 7.34. The smallest absolute Gasteiger partial charge is 0.248 e. The van der Waals surface area contributed by atoms with E-state index < -0.39 is 0 Å². The molecule has 168 valence electrons. The van der Waals surface area contributed by atoms with Gasteiger partial charge in [0.1, 0.15) is 11.5 Å². The zero-order valence-corrected chi connectivity index (χ0v) is 18.8. The van der Waals surface area contributed by atoms with Gasteiger partial charge in [0.25, 0.3) is 0 Å². The van der Waals surface area contributed by atoms with E-state index in [0.29, 0.717) is 0 Å². The molecule has 0 atom stereocenters. The topological polar surface area (TPSA) is 58.6 Å². The van der Waals surface area contributed by atoms with E-state index >= 15 is 0 Å². The van der Waals surface area contributed by atoms with Gasteiger partial charge in [-0.1, -0.05) is 76.8 Å². The molecule has 0 radical (unpaired) electrons. The minimum absolute atomic E-state index is 0.202. The number of nitrogens with one attached hydrogen (secondary N) is 1. The Labute approximate surface area is 187 Å². The summed E-state index contributed by atoms with van der Waals surface area (Å²) in [6.07, 6.45) is 16.3. The lowest BCUT2D eigenvalue weighted by molar-refractivity contribution is -0.111. The van der Waals surface area contributed by atoms with Gasteiger partial charge in [0.2, 0.25) is 5.91 Å². The number of carbonyl (C=O) groups is 1. The number of anilines is 1. The molecule has 0 aliphatic rings. The number of amides is 1. The molecule has 4 nitrogen and oxygen atoms in total. The number of phenols is 1. The quantitative estimate of drug-likeness (QED) is 0.233. The van der Waals surface area contributed by atoms with Crippen LogP contribution in [0.3, 0.4) is 0 Å². The van der Waals surface area contributed by atoms with Crippen LogP contribution < -0.4 is 10.1 Å². The van der Waals surface area contributed by atoms with E-state index in [1.807, 2.05) is 24.3 Å². The lowest BCUT2D eigenvalue weighted by atomic mass is 10.1. The van der Waals surface area contributed by atoms with E-state index in [1.54, 1.807) is 30.3 Å². The summed E-state index contributed by atoms with van der Waals surface area (Å²) in [5, 5.41) is 12.1. The molecule has 0 spiro atoms. The van der Waals surface area contributed by atoms with Crippen molar-refractivity contribution in [1.82, 2.24) is 0 Å². The van der Waals surface area contributed by atoms with Crippen molar-refractivity contribution >= 4 is 17.7 Å². The summed E-state index contributed by atoms with van der Waals surface area (Å²) in [6, 6.07) is 14.1. The number of hydrogen-bond acceptors (Lipinski definition) is 3. The number of benzene rings is 2. The first-order valence-corrected chi connectivity index (χ1v) is 11.7. The van der Waals surface area contributed by atoms with Crippen molar-refractivity contribution in [1.29, 1.82) is 0 Å². The van der Waals surface area contributed by atoms with E-state index in [0.717, 1.165) is 30.0 Å². The summed E-state index contributed by atoms with van der Waals surface area (Å²) in [7, 11) is 0. The Balaban J connectivity index is 1.56. The molecule has 0 saturated carbocycles. The van der Waals surface area contributed by atoms with Gasteiger partial charge in [-0.25, -0.2) is 0 Å². The first-order valence-electron chi connectivity index (χ1n) is 11.7. The molecular weight excluding hydrogens is 386 g/mol. The highest BCUT2D eigenvalue weighted by molar-refractivity contribution is 6.01. The van der Waals surface area contributed by atoms with Gasteiger partial charge in [-0.3, -0.25) is 4.79 Å². The third-order valence-electron chi connectivity index (χ3n) is 5.21. The molecule has 0 saturated heterocycles. The Hall–Kier alpha value is -2.75. The highest BCUT2D eigenvalue weighted by Crippen LogP contribution is 2.17. The van der Waals surface area contributed by atoms with Crippen molar-refractivity contribution in [3.8, 4) is 11.5 Å². The number of aromatic hydroxyl groups is 1. The normalized spacial score (nSPS) is 11.0. The van der Waals surface area contributed by atoms with Crippen molar-refractivity contribution in [3.63, 3.8) is 0 Å². The van der Waals surface area contributed by atoms with Gasteiger partial charge in [-0.05, 0) is 54.5 Å². The monoisotopic (exact) mass is 423 g/mol. The third-order valence-corrected chi connectivity index (χ3v) is 5.21. The molecule has 0 heterocycles. The molecule has 0 bridgehead atoms. The number of hydrogen-bond donors (Lipinski definition) is 2. The van der Waals surface area contributed by atoms with E-state index in [-0.39, 0.29) is 11.7 Å². The van der Waals surface area contributed by atoms with Crippen molar-refractivity contribution in [3.05, 3.63) is 60.2 Å². The maximum atomic E-state index is 12.0. The van der Waals surface area contributed by atoms with E-state index in [9.17, 15) is 9.90 Å². The first-order chi connectivity index (χ1) is 15.2. The zero-order valence-electron chi connectivity index (χ0n) is 18.8. The van der Waals surface area contributed by atoms with Crippen molar-refractivity contribution in [2.24, 2.45) is 0 Å². The number of ether oxygens (including phenoxy) is 1. The van der Waals surface area contributed by atoms with E-state index in [2.05, 4.69) is 12.2 Å². The van der Waals surface area contributed by atoms with Crippen molar-refractivity contribution in [2.75, 3.05) is 11.9 Å². The molecule has 0 unspecified atom stereocenters. The Bertz CT molecular complexity index is 766. The minimum atomic E-state index is -0.202. The molecule has 2 N–H and O–H groups in total. The van der Waals surface area contributed by atoms with Crippen LogP contribution in [-0.4, -0.2) is 17.6 Å². The number of carbonyl (C=O) groups excluding carboxylic acids is 1. The summed E-state index contributed by atoms with van der Waals surface area (Å²) in [6.45, 7) is 2.99. The summed E-state index contributed by atoms with van der Waals surface area (Å²) in [4.78, 5) is 12.0. The van der Waals surface area contributed by atoms with Gasteiger partial charge in [0.05, 0.1) is 6.61 Å². The fourth-order valence-electron chi connectivity index (χ4n) is 3.36. The maximum absolute atomic E-state index is 12.0. The Kier molecular flexibility index (Phi) is 12.0. The fraction of sp³-hybridized carbons (Fsp3) is 0.444. The molecule has 1 amide bonds. The van der Waals surface area contributed by atoms with Crippen LogP contribution in [0.2, 0.25) is 0 Å². The Morgan fingerprint density at radius 3 is 2.03 bits per heavy atom. The average Bonchev–Trinajstić information content (AvgIpc) is 2.78. The molecule has 0 fully saturated rings. The third kappa shape index (κ3) is 11.3. The highest BCUT2D eigenvalue weighted by Gasteiger charge is 2.00. The van der Waals surface area contributed by atoms with Crippen molar-refractivity contribution in [2.45, 2.75) is 71.1 Å². The standard InChI is InChI=1S/C27H37NO3/c1-2-3-4-5-6-7-8-9-10-11-22-31-26-19-15-24(16-20-26)28-27(30)21-14-23-12-17-25(29)18-13-23/h12-21,29H,2-11,22H2,1H3,(H,28,30)/b21-14+. The van der Waals surface area contributed by atoms with Gasteiger partial charge < -0.3 is 15.2 Å². The zero-order chi connectivity index (χ0) is 22.2. The summed E-state index contributed by atoms with van der Waals surface area (Å²) in [5.74, 6) is 0.831. The van der Waals surface area contributed by atoms with Gasteiger partial charge in [-0.15, -0.1) is 0 Å². The van der Waals surface area contributed by atoms with Gasteiger partial charge in [-0.2, -0.15) is 0 Å². The van der Waals surface area contributed by atoms with Crippen LogP contribution in [0.5, 0.6) is 11.5 Å². The Morgan fingerprint density at radius 2 is 1.42 bits per heavy atom. The lowest BCUT2D eigenvalue weighted by Crippen LogP contribution is -2.07. The van der Waals surface area contributed by atoms with Gasteiger partial charge in [0.15, 0.2) is 0 Å². The fourth-order valence-corrected chi connectivity index (χ4v) is 3.36. The summed E-state index contributed by atoms with van der Waals surface area (Å²) < 4.78 is 5.81. The first kappa shape index (κ1) is 24.5. The summed E-state index contributed by atoms with van der Waals surface area (Å²) >= 11 is 0. The molecule has 2 aromatic carbocycles. The van der Waals surface area contributed by atoms with E-state index in [1.165, 1.54) is 63.9 Å². The lowest BCUT2D eigenvalue weighted by Gasteiger charge is -2.08. The van der Waals surface area contributed by atoms with Gasteiger partial charge in [0, 0.05) is 11.8 Å². The summed E-state index contributed by atoms with van der Waals surface area (Å²) in [5.41, 5.74) is 1.58. The molecule has 31 heavy (non-hydrogen) atoms. The van der Waals surface area contributed by atoms with Gasteiger partial charge >= 0.3 is 0 Å². The SMILES string of the molecule is CCCCCCCCCCCCOc1ccc(NC(=O)/C=C/c2ccc(O)cc2)cc1. The number of phenolic OH excluding ortho intramolecular Hbond substituents is 1. The highest BCUT2D eigenvalue weighted by atomic mass is 16.5. The molecule has 2 rings (SSSR count). The number of rotatable bonds is 15. The largest absolute Gasteiger partial charge is 0.508 e. The molecule has 4 heteroatoms. The van der Waals surface area contributed by atoms with Crippen molar-refractivity contribution < 1.29 is 14.6 Å². The van der Waals surface area contributed by atoms with Crippen LogP contribution in [-0.2, 0) is 4.79 Å². The van der Waals surface area contributed by atoms with Crippen LogP contribution in [0.25, 0.3) is 6.08 Å². The van der Waals surface area contributed by atoms with Crippen LogP contribution >= 0.6 is 0 Å². The molecular formula is C27H37NO3. The minimum Gasteiger partial charge on any atom is -0.508 e.